The van der Waals surface area contributed by atoms with Crippen molar-refractivity contribution in [1.29, 1.82) is 0 Å². The quantitative estimate of drug-likeness (QED) is 0.495. The molecule has 64 valence electrons. The highest BCUT2D eigenvalue weighted by atomic mass is 35.5. The van der Waals surface area contributed by atoms with Crippen LogP contribution >= 0.6 is 11.6 Å². The molecular weight excluding hydrogens is 180 g/mol. The summed E-state index contributed by atoms with van der Waals surface area (Å²) in [4.78, 5) is 13.4. The van der Waals surface area contributed by atoms with Crippen LogP contribution in [0, 0.1) is 6.92 Å². The van der Waals surface area contributed by atoms with Gasteiger partial charge >= 0.3 is 7.12 Å². The molecule has 1 aromatic rings. The van der Waals surface area contributed by atoms with Crippen LogP contribution in [0.2, 0.25) is 5.02 Å². The summed E-state index contributed by atoms with van der Waals surface area (Å²) in [5.41, 5.74) is -0.177. The molecule has 3 N–H and O–H groups in total. The fraction of sp³-hybridized carbons (Fsp3) is 0.167. The SMILES string of the molecule is Cc1[nH]c(=O)c(B(O)O)cc1Cl. The minimum absolute atomic E-state index is 0.148. The highest BCUT2D eigenvalue weighted by molar-refractivity contribution is 6.58. The molecule has 1 rings (SSSR count). The minimum atomic E-state index is -1.79. The monoisotopic (exact) mass is 187 g/mol. The predicted molar refractivity (Wildman–Crippen MR) is 46.6 cm³/mol. The van der Waals surface area contributed by atoms with E-state index in [1.807, 2.05) is 0 Å². The van der Waals surface area contributed by atoms with E-state index in [0.29, 0.717) is 10.7 Å². The van der Waals surface area contributed by atoms with Crippen molar-refractivity contribution in [2.24, 2.45) is 0 Å². The smallest absolute Gasteiger partial charge is 0.423 e. The first-order valence-electron chi connectivity index (χ1n) is 3.28. The van der Waals surface area contributed by atoms with E-state index in [9.17, 15) is 4.79 Å². The van der Waals surface area contributed by atoms with Crippen LogP contribution in [0.1, 0.15) is 5.69 Å². The Kier molecular flexibility index (Phi) is 2.57. The first-order chi connectivity index (χ1) is 5.52. The number of aryl methyl sites for hydroxylation is 1. The van der Waals surface area contributed by atoms with Crippen molar-refractivity contribution >= 4 is 24.2 Å². The number of aromatic nitrogens is 1. The summed E-state index contributed by atoms with van der Waals surface area (Å²) < 4.78 is 0. The van der Waals surface area contributed by atoms with Gasteiger partial charge in [0.2, 0.25) is 5.56 Å². The molecule has 0 atom stereocenters. The van der Waals surface area contributed by atoms with Crippen molar-refractivity contribution in [1.82, 2.24) is 4.98 Å². The van der Waals surface area contributed by atoms with Crippen LogP contribution in [0.5, 0.6) is 0 Å². The van der Waals surface area contributed by atoms with Crippen LogP contribution < -0.4 is 11.0 Å². The fourth-order valence-electron chi connectivity index (χ4n) is 0.804. The predicted octanol–water partition coefficient (Wildman–Crippen LogP) is -0.983. The molecule has 6 heteroatoms. The van der Waals surface area contributed by atoms with Gasteiger partial charge in [-0.3, -0.25) is 4.79 Å². The van der Waals surface area contributed by atoms with E-state index in [4.69, 9.17) is 21.6 Å². The number of aromatic amines is 1. The number of pyridine rings is 1. The van der Waals surface area contributed by atoms with Crippen molar-refractivity contribution in [2.45, 2.75) is 6.92 Å². The van der Waals surface area contributed by atoms with Gasteiger partial charge in [-0.25, -0.2) is 0 Å². The highest BCUT2D eigenvalue weighted by Crippen LogP contribution is 2.07. The normalized spacial score (nSPS) is 10.0. The van der Waals surface area contributed by atoms with Crippen molar-refractivity contribution < 1.29 is 10.0 Å². The minimum Gasteiger partial charge on any atom is -0.423 e. The Morgan fingerprint density at radius 2 is 2.17 bits per heavy atom. The highest BCUT2D eigenvalue weighted by Gasteiger charge is 2.16. The van der Waals surface area contributed by atoms with E-state index in [1.54, 1.807) is 6.92 Å². The summed E-state index contributed by atoms with van der Waals surface area (Å²) in [6.07, 6.45) is 0. The van der Waals surface area contributed by atoms with Crippen LogP contribution in [0.3, 0.4) is 0 Å². The van der Waals surface area contributed by atoms with Crippen molar-refractivity contribution in [3.05, 3.63) is 27.1 Å². The zero-order valence-electron chi connectivity index (χ0n) is 6.34. The Balaban J connectivity index is 3.33. The third-order valence-electron chi connectivity index (χ3n) is 1.48. The maximum absolute atomic E-state index is 11.0. The first-order valence-corrected chi connectivity index (χ1v) is 3.65. The van der Waals surface area contributed by atoms with Gasteiger partial charge in [0.25, 0.3) is 0 Å². The van der Waals surface area contributed by atoms with E-state index in [0.717, 1.165) is 0 Å². The molecular formula is C6H7BClNO3. The Bertz CT molecular complexity index is 349. The lowest BCUT2D eigenvalue weighted by Gasteiger charge is -2.01. The third kappa shape index (κ3) is 1.69. The lowest BCUT2D eigenvalue weighted by atomic mass is 9.81. The van der Waals surface area contributed by atoms with Gasteiger partial charge < -0.3 is 15.0 Å². The average molecular weight is 187 g/mol. The van der Waals surface area contributed by atoms with E-state index in [2.05, 4.69) is 4.98 Å². The Morgan fingerprint density at radius 3 is 2.67 bits per heavy atom. The van der Waals surface area contributed by atoms with Gasteiger partial charge in [0.05, 0.1) is 5.02 Å². The van der Waals surface area contributed by atoms with E-state index in [-0.39, 0.29) is 5.46 Å². The van der Waals surface area contributed by atoms with Gasteiger partial charge in [0.1, 0.15) is 0 Å². The van der Waals surface area contributed by atoms with Crippen LogP contribution in [0.15, 0.2) is 10.9 Å². The molecule has 12 heavy (non-hydrogen) atoms. The molecule has 0 unspecified atom stereocenters. The lowest BCUT2D eigenvalue weighted by Crippen LogP contribution is -2.42. The van der Waals surface area contributed by atoms with E-state index in [1.165, 1.54) is 6.07 Å². The average Bonchev–Trinajstić information content (AvgIpc) is 1.96. The lowest BCUT2D eigenvalue weighted by molar-refractivity contribution is 0.425. The number of hydrogen-bond donors (Lipinski definition) is 3. The molecule has 0 spiro atoms. The molecule has 0 aliphatic heterocycles. The Morgan fingerprint density at radius 1 is 1.58 bits per heavy atom. The summed E-state index contributed by atoms with van der Waals surface area (Å²) in [7, 11) is -1.79. The van der Waals surface area contributed by atoms with Gasteiger partial charge in [-0.2, -0.15) is 0 Å². The van der Waals surface area contributed by atoms with Crippen molar-refractivity contribution in [3.63, 3.8) is 0 Å². The van der Waals surface area contributed by atoms with Gasteiger partial charge in [-0.1, -0.05) is 11.6 Å². The second-order valence-corrected chi connectivity index (χ2v) is 2.81. The largest absolute Gasteiger partial charge is 0.494 e. The standard InChI is InChI=1S/C6H7BClNO3/c1-3-5(8)2-4(7(11)12)6(10)9-3/h2,11-12H,1H3,(H,9,10). The summed E-state index contributed by atoms with van der Waals surface area (Å²) in [6.45, 7) is 1.62. The summed E-state index contributed by atoms with van der Waals surface area (Å²) in [6, 6.07) is 1.24. The molecule has 0 aliphatic rings. The molecule has 0 fully saturated rings. The molecule has 0 amide bonds. The maximum Gasteiger partial charge on any atom is 0.494 e. The van der Waals surface area contributed by atoms with E-state index < -0.39 is 12.7 Å². The molecule has 0 radical (unpaired) electrons. The van der Waals surface area contributed by atoms with E-state index >= 15 is 0 Å². The van der Waals surface area contributed by atoms with Crippen LogP contribution in [-0.2, 0) is 0 Å². The van der Waals surface area contributed by atoms with Gasteiger partial charge in [-0.15, -0.1) is 0 Å². The number of halogens is 1. The van der Waals surface area contributed by atoms with Crippen LogP contribution in [0.4, 0.5) is 0 Å². The Hall–Kier alpha value is -0.775. The first kappa shape index (κ1) is 9.31. The third-order valence-corrected chi connectivity index (χ3v) is 1.87. The summed E-state index contributed by atoms with van der Waals surface area (Å²) in [5, 5.41) is 17.7. The molecule has 0 saturated heterocycles. The van der Waals surface area contributed by atoms with Crippen LogP contribution in [-0.4, -0.2) is 22.2 Å². The van der Waals surface area contributed by atoms with Crippen molar-refractivity contribution in [2.75, 3.05) is 0 Å². The van der Waals surface area contributed by atoms with Gasteiger partial charge in [0, 0.05) is 11.2 Å². The van der Waals surface area contributed by atoms with Crippen molar-refractivity contribution in [3.8, 4) is 0 Å². The molecule has 0 aliphatic carbocycles. The summed E-state index contributed by atoms with van der Waals surface area (Å²) in [5.74, 6) is 0. The second kappa shape index (κ2) is 3.31. The number of H-pyrrole nitrogens is 1. The Labute approximate surface area is 74.0 Å². The van der Waals surface area contributed by atoms with Gasteiger partial charge in [-0.05, 0) is 13.0 Å². The molecule has 1 aromatic heterocycles. The molecule has 0 aromatic carbocycles. The molecule has 0 bridgehead atoms. The number of nitrogens with one attached hydrogen (secondary N) is 1. The number of hydrogen-bond acceptors (Lipinski definition) is 3. The number of rotatable bonds is 1. The van der Waals surface area contributed by atoms with Gasteiger partial charge in [0.15, 0.2) is 0 Å². The zero-order chi connectivity index (χ0) is 9.30. The molecule has 4 nitrogen and oxygen atoms in total. The second-order valence-electron chi connectivity index (χ2n) is 2.40. The van der Waals surface area contributed by atoms with Crippen LogP contribution in [0.25, 0.3) is 0 Å². The zero-order valence-corrected chi connectivity index (χ0v) is 7.09. The topological polar surface area (TPSA) is 73.3 Å². The fourth-order valence-corrected chi connectivity index (χ4v) is 0.969. The molecule has 1 heterocycles. The maximum atomic E-state index is 11.0. The summed E-state index contributed by atoms with van der Waals surface area (Å²) >= 11 is 5.64. The molecule has 0 saturated carbocycles.